The fourth-order valence-electron chi connectivity index (χ4n) is 3.00. The van der Waals surface area contributed by atoms with Gasteiger partial charge in [0.15, 0.2) is 5.69 Å². The van der Waals surface area contributed by atoms with Crippen LogP contribution < -0.4 is 0 Å². The van der Waals surface area contributed by atoms with E-state index in [4.69, 9.17) is 0 Å². The van der Waals surface area contributed by atoms with Crippen LogP contribution in [0.15, 0.2) is 60.8 Å². The normalized spacial score (nSPS) is 10.9. The van der Waals surface area contributed by atoms with Gasteiger partial charge in [0, 0.05) is 18.3 Å². The lowest BCUT2D eigenvalue weighted by Crippen LogP contribution is -2.07. The molecule has 0 amide bonds. The van der Waals surface area contributed by atoms with Gasteiger partial charge < -0.3 is 5.11 Å². The van der Waals surface area contributed by atoms with E-state index in [1.807, 2.05) is 67.2 Å². The summed E-state index contributed by atoms with van der Waals surface area (Å²) in [4.78, 5) is 11.3. The highest BCUT2D eigenvalue weighted by atomic mass is 16.4. The smallest absolute Gasteiger partial charge is 0.356 e. The Kier molecular flexibility index (Phi) is 4.04. The van der Waals surface area contributed by atoms with E-state index < -0.39 is 5.97 Å². The highest BCUT2D eigenvalue weighted by Crippen LogP contribution is 2.32. The topological polar surface area (TPSA) is 85.8 Å². The van der Waals surface area contributed by atoms with E-state index in [9.17, 15) is 9.90 Å². The van der Waals surface area contributed by atoms with Gasteiger partial charge in [0.25, 0.3) is 0 Å². The Bertz CT molecular complexity index is 1110. The summed E-state index contributed by atoms with van der Waals surface area (Å²) in [7, 11) is 1.92. The molecular weight excluding hydrogens is 342 g/mol. The van der Waals surface area contributed by atoms with Crippen molar-refractivity contribution in [1.82, 2.24) is 24.8 Å². The summed E-state index contributed by atoms with van der Waals surface area (Å²) < 4.78 is 3.16. The third-order valence-electron chi connectivity index (χ3n) is 4.51. The van der Waals surface area contributed by atoms with Crippen molar-refractivity contribution in [2.75, 3.05) is 0 Å². The number of hydrogen-bond acceptors (Lipinski definition) is 4. The van der Waals surface area contributed by atoms with Gasteiger partial charge in [-0.3, -0.25) is 4.68 Å². The maximum Gasteiger partial charge on any atom is 0.356 e. The molecular formula is C20H17N5O2. The Morgan fingerprint density at radius 1 is 1.04 bits per heavy atom. The van der Waals surface area contributed by atoms with Gasteiger partial charge in [-0.05, 0) is 36.2 Å². The Hall–Kier alpha value is -3.74. The second-order valence-electron chi connectivity index (χ2n) is 6.22. The fraction of sp³-hybridized carbons (Fsp3) is 0.100. The van der Waals surface area contributed by atoms with Crippen LogP contribution in [0.4, 0.5) is 0 Å². The molecule has 2 heterocycles. The molecule has 0 unspecified atom stereocenters. The van der Waals surface area contributed by atoms with Gasteiger partial charge in [-0.1, -0.05) is 41.6 Å². The Morgan fingerprint density at radius 3 is 2.37 bits per heavy atom. The molecule has 0 radical (unpaired) electrons. The minimum atomic E-state index is -1.07. The van der Waals surface area contributed by atoms with E-state index >= 15 is 0 Å². The second kappa shape index (κ2) is 6.53. The third-order valence-corrected chi connectivity index (χ3v) is 4.51. The molecule has 4 rings (SSSR count). The first-order valence-corrected chi connectivity index (χ1v) is 8.39. The maximum atomic E-state index is 11.3. The number of rotatable bonds is 4. The largest absolute Gasteiger partial charge is 0.476 e. The first-order chi connectivity index (χ1) is 13.0. The maximum absolute atomic E-state index is 11.3. The van der Waals surface area contributed by atoms with E-state index in [1.54, 1.807) is 0 Å². The predicted octanol–water partition coefficient (Wildman–Crippen LogP) is 3.34. The standard InChI is InChI=1S/C20H17N5O2/c1-13-11-18(22-24(13)2)17-6-4-3-5-16(17)14-7-9-15(10-8-14)25-19(20(26)27)12-21-23-25/h3-12H,1-2H3,(H,26,27). The van der Waals surface area contributed by atoms with Crippen LogP contribution >= 0.6 is 0 Å². The number of carboxylic acid groups (broad SMARTS) is 1. The van der Waals surface area contributed by atoms with Crippen LogP contribution in [0.25, 0.3) is 28.1 Å². The number of carbonyl (C=O) groups is 1. The van der Waals surface area contributed by atoms with Gasteiger partial charge in [0.1, 0.15) is 0 Å². The van der Waals surface area contributed by atoms with E-state index in [0.29, 0.717) is 5.69 Å². The van der Waals surface area contributed by atoms with Crippen LogP contribution in [-0.4, -0.2) is 35.9 Å². The van der Waals surface area contributed by atoms with Crippen molar-refractivity contribution in [1.29, 1.82) is 0 Å². The Labute approximate surface area is 155 Å². The first-order valence-electron chi connectivity index (χ1n) is 8.39. The quantitative estimate of drug-likeness (QED) is 0.604. The molecule has 0 atom stereocenters. The predicted molar refractivity (Wildman–Crippen MR) is 101 cm³/mol. The van der Waals surface area contributed by atoms with E-state index in [1.165, 1.54) is 10.9 Å². The summed E-state index contributed by atoms with van der Waals surface area (Å²) in [6.07, 6.45) is 1.23. The van der Waals surface area contributed by atoms with Crippen molar-refractivity contribution in [3.05, 3.63) is 72.2 Å². The minimum absolute atomic E-state index is 0.0205. The van der Waals surface area contributed by atoms with E-state index in [0.717, 1.165) is 28.1 Å². The van der Waals surface area contributed by atoms with Crippen molar-refractivity contribution in [3.8, 4) is 28.1 Å². The minimum Gasteiger partial charge on any atom is -0.476 e. The number of aromatic carboxylic acids is 1. The SMILES string of the molecule is Cc1cc(-c2ccccc2-c2ccc(-n3nncc3C(=O)O)cc2)nn1C. The second-order valence-corrected chi connectivity index (χ2v) is 6.22. The molecule has 134 valence electrons. The zero-order valence-electron chi connectivity index (χ0n) is 14.9. The molecule has 1 N–H and O–H groups in total. The highest BCUT2D eigenvalue weighted by Gasteiger charge is 2.14. The number of hydrogen-bond donors (Lipinski definition) is 1. The van der Waals surface area contributed by atoms with Crippen molar-refractivity contribution in [2.45, 2.75) is 6.92 Å². The summed E-state index contributed by atoms with van der Waals surface area (Å²) in [5, 5.41) is 21.4. The van der Waals surface area contributed by atoms with E-state index in [-0.39, 0.29) is 5.69 Å². The number of nitrogens with zero attached hydrogens (tertiary/aromatic N) is 5. The van der Waals surface area contributed by atoms with Gasteiger partial charge in [-0.25, -0.2) is 9.48 Å². The fourth-order valence-corrected chi connectivity index (χ4v) is 3.00. The molecule has 0 aliphatic carbocycles. The molecule has 27 heavy (non-hydrogen) atoms. The zero-order valence-corrected chi connectivity index (χ0v) is 14.9. The van der Waals surface area contributed by atoms with E-state index in [2.05, 4.69) is 21.5 Å². The molecule has 0 saturated heterocycles. The lowest BCUT2D eigenvalue weighted by atomic mass is 9.97. The Morgan fingerprint density at radius 2 is 1.74 bits per heavy atom. The molecule has 7 heteroatoms. The highest BCUT2D eigenvalue weighted by molar-refractivity contribution is 5.86. The van der Waals surface area contributed by atoms with Crippen LogP contribution in [0, 0.1) is 6.92 Å². The molecule has 0 bridgehead atoms. The first kappa shape index (κ1) is 16.7. The molecule has 0 fully saturated rings. The number of carboxylic acids is 1. The average Bonchev–Trinajstić information content (AvgIpc) is 3.29. The van der Waals surface area contributed by atoms with Gasteiger partial charge >= 0.3 is 5.97 Å². The molecule has 2 aromatic heterocycles. The van der Waals surface area contributed by atoms with Gasteiger partial charge in [-0.2, -0.15) is 5.10 Å². The molecule has 4 aromatic rings. The summed E-state index contributed by atoms with van der Waals surface area (Å²) in [5.41, 5.74) is 5.77. The summed E-state index contributed by atoms with van der Waals surface area (Å²) in [5.74, 6) is -1.07. The molecule has 0 aliphatic rings. The van der Waals surface area contributed by atoms with Crippen molar-refractivity contribution >= 4 is 5.97 Å². The summed E-state index contributed by atoms with van der Waals surface area (Å²) >= 11 is 0. The van der Waals surface area contributed by atoms with Gasteiger partial charge in [0.05, 0.1) is 17.6 Å². The lowest BCUT2D eigenvalue weighted by Gasteiger charge is -2.09. The van der Waals surface area contributed by atoms with Crippen LogP contribution in [-0.2, 0) is 7.05 Å². The van der Waals surface area contributed by atoms with Crippen molar-refractivity contribution in [3.63, 3.8) is 0 Å². The number of aromatic nitrogens is 5. The Balaban J connectivity index is 1.75. The third kappa shape index (κ3) is 2.99. The molecule has 0 saturated carbocycles. The molecule has 2 aromatic carbocycles. The molecule has 0 spiro atoms. The molecule has 0 aliphatic heterocycles. The van der Waals surface area contributed by atoms with Crippen LogP contribution in [0.2, 0.25) is 0 Å². The average molecular weight is 359 g/mol. The number of aryl methyl sites for hydroxylation is 2. The zero-order chi connectivity index (χ0) is 19.0. The van der Waals surface area contributed by atoms with Crippen LogP contribution in [0.5, 0.6) is 0 Å². The lowest BCUT2D eigenvalue weighted by molar-refractivity contribution is 0.0687. The van der Waals surface area contributed by atoms with Crippen LogP contribution in [0.1, 0.15) is 16.2 Å². The van der Waals surface area contributed by atoms with Gasteiger partial charge in [0.2, 0.25) is 0 Å². The monoisotopic (exact) mass is 359 g/mol. The van der Waals surface area contributed by atoms with Crippen molar-refractivity contribution in [2.24, 2.45) is 7.05 Å². The van der Waals surface area contributed by atoms with Gasteiger partial charge in [-0.15, -0.1) is 5.10 Å². The van der Waals surface area contributed by atoms with Crippen molar-refractivity contribution < 1.29 is 9.90 Å². The summed E-state index contributed by atoms with van der Waals surface area (Å²) in [6.45, 7) is 2.02. The summed E-state index contributed by atoms with van der Waals surface area (Å²) in [6, 6.07) is 17.7. The molecule has 7 nitrogen and oxygen atoms in total. The number of benzene rings is 2. The van der Waals surface area contributed by atoms with Crippen LogP contribution in [0.3, 0.4) is 0 Å².